The largest absolute Gasteiger partial charge is 0.504 e. The molecule has 0 amide bonds. The number of aromatic hydroxyl groups is 1. The molecular formula is C11H8N2O3. The first-order chi connectivity index (χ1) is 7.68. The molecule has 0 aliphatic rings. The van der Waals surface area contributed by atoms with Crippen LogP contribution < -0.4 is 0 Å². The van der Waals surface area contributed by atoms with Gasteiger partial charge in [-0.25, -0.2) is 0 Å². The van der Waals surface area contributed by atoms with E-state index in [1.54, 1.807) is 24.3 Å². The number of hydrogen-bond donors (Lipinski definition) is 1. The smallest absolute Gasteiger partial charge is 0.364 e. The van der Waals surface area contributed by atoms with Crippen molar-refractivity contribution in [3.8, 4) is 16.9 Å². The molecule has 0 unspecified atom stereocenters. The number of pyridine rings is 1. The van der Waals surface area contributed by atoms with Crippen molar-refractivity contribution >= 4 is 5.82 Å². The molecule has 0 radical (unpaired) electrons. The minimum absolute atomic E-state index is 0.0724. The van der Waals surface area contributed by atoms with Gasteiger partial charge in [-0.05, 0) is 15.5 Å². The van der Waals surface area contributed by atoms with E-state index in [0.29, 0.717) is 11.1 Å². The Bertz CT molecular complexity index is 526. The number of nitrogens with zero attached hydrogens (tertiary/aromatic N) is 2. The van der Waals surface area contributed by atoms with Crippen LogP contribution in [0.1, 0.15) is 0 Å². The Hall–Kier alpha value is -2.43. The number of nitro groups is 1. The molecule has 2 aromatic rings. The third-order valence-electron chi connectivity index (χ3n) is 2.14. The van der Waals surface area contributed by atoms with Crippen molar-refractivity contribution in [2.24, 2.45) is 0 Å². The van der Waals surface area contributed by atoms with Gasteiger partial charge in [0.05, 0.1) is 0 Å². The van der Waals surface area contributed by atoms with Crippen LogP contribution >= 0.6 is 0 Å². The monoisotopic (exact) mass is 216 g/mol. The summed E-state index contributed by atoms with van der Waals surface area (Å²) in [5, 5.41) is 20.1. The van der Waals surface area contributed by atoms with E-state index in [2.05, 4.69) is 4.98 Å². The van der Waals surface area contributed by atoms with Crippen LogP contribution in [0.25, 0.3) is 11.1 Å². The average Bonchev–Trinajstić information content (AvgIpc) is 2.30. The Morgan fingerprint density at radius 1 is 1.25 bits per heavy atom. The lowest BCUT2D eigenvalue weighted by Crippen LogP contribution is -1.92. The van der Waals surface area contributed by atoms with Crippen molar-refractivity contribution < 1.29 is 10.0 Å². The predicted octanol–water partition coefficient (Wildman–Crippen LogP) is 2.36. The summed E-state index contributed by atoms with van der Waals surface area (Å²) in [5.41, 5.74) is 1.12. The minimum atomic E-state index is -0.591. The molecule has 0 fully saturated rings. The fourth-order valence-corrected chi connectivity index (χ4v) is 1.39. The first-order valence-electron chi connectivity index (χ1n) is 4.57. The Morgan fingerprint density at radius 3 is 2.56 bits per heavy atom. The van der Waals surface area contributed by atoms with Crippen LogP contribution in [0.15, 0.2) is 42.6 Å². The second-order valence-electron chi connectivity index (χ2n) is 3.18. The summed E-state index contributed by atoms with van der Waals surface area (Å²) in [6, 6.07) is 10.2. The second-order valence-corrected chi connectivity index (χ2v) is 3.18. The number of benzene rings is 1. The van der Waals surface area contributed by atoms with Gasteiger partial charge in [-0.3, -0.25) is 0 Å². The summed E-state index contributed by atoms with van der Waals surface area (Å²) in [6.07, 6.45) is 1.08. The van der Waals surface area contributed by atoms with E-state index in [0.717, 1.165) is 6.20 Å². The number of rotatable bonds is 2. The van der Waals surface area contributed by atoms with Gasteiger partial charge in [0.2, 0.25) is 0 Å². The maximum absolute atomic E-state index is 10.6. The molecule has 0 aliphatic heterocycles. The Labute approximate surface area is 91.2 Å². The van der Waals surface area contributed by atoms with Crippen LogP contribution in [0.4, 0.5) is 5.82 Å². The van der Waals surface area contributed by atoms with Crippen LogP contribution in [-0.2, 0) is 0 Å². The molecule has 1 aromatic heterocycles. The molecule has 0 spiro atoms. The number of aromatic nitrogens is 1. The van der Waals surface area contributed by atoms with Crippen LogP contribution in [-0.4, -0.2) is 15.0 Å². The predicted molar refractivity (Wildman–Crippen MR) is 58.0 cm³/mol. The third kappa shape index (κ3) is 1.83. The lowest BCUT2D eigenvalue weighted by molar-refractivity contribution is -0.389. The lowest BCUT2D eigenvalue weighted by atomic mass is 10.1. The SMILES string of the molecule is O=[N+]([O-])c1cc(-c2ccccc2)c(O)cn1. The van der Waals surface area contributed by atoms with Crippen molar-refractivity contribution in [1.82, 2.24) is 4.98 Å². The third-order valence-corrected chi connectivity index (χ3v) is 2.14. The van der Waals surface area contributed by atoms with Gasteiger partial charge in [-0.1, -0.05) is 30.3 Å². The molecule has 5 nitrogen and oxygen atoms in total. The van der Waals surface area contributed by atoms with Gasteiger partial charge in [0.1, 0.15) is 0 Å². The first kappa shape index (κ1) is 10.1. The highest BCUT2D eigenvalue weighted by Crippen LogP contribution is 2.30. The Morgan fingerprint density at radius 2 is 1.94 bits per heavy atom. The minimum Gasteiger partial charge on any atom is -0.504 e. The van der Waals surface area contributed by atoms with Crippen LogP contribution in [0.5, 0.6) is 5.75 Å². The molecule has 0 aliphatic carbocycles. The summed E-state index contributed by atoms with van der Waals surface area (Å²) < 4.78 is 0. The average molecular weight is 216 g/mol. The molecule has 5 heteroatoms. The molecule has 0 saturated carbocycles. The highest BCUT2D eigenvalue weighted by atomic mass is 16.6. The molecule has 1 N–H and O–H groups in total. The molecule has 0 atom stereocenters. The van der Waals surface area contributed by atoms with Crippen LogP contribution in [0.3, 0.4) is 0 Å². The molecule has 16 heavy (non-hydrogen) atoms. The van der Waals surface area contributed by atoms with Gasteiger partial charge in [-0.15, -0.1) is 0 Å². The zero-order valence-electron chi connectivity index (χ0n) is 8.20. The van der Waals surface area contributed by atoms with Crippen LogP contribution in [0.2, 0.25) is 0 Å². The Kier molecular flexibility index (Phi) is 2.51. The fourth-order valence-electron chi connectivity index (χ4n) is 1.39. The molecule has 2 rings (SSSR count). The molecule has 0 saturated heterocycles. The van der Waals surface area contributed by atoms with Crippen molar-refractivity contribution in [1.29, 1.82) is 0 Å². The maximum Gasteiger partial charge on any atom is 0.364 e. The molecular weight excluding hydrogens is 208 g/mol. The first-order valence-corrected chi connectivity index (χ1v) is 4.57. The molecule has 80 valence electrons. The number of hydrogen-bond acceptors (Lipinski definition) is 4. The van der Waals surface area contributed by atoms with Crippen molar-refractivity contribution in [3.63, 3.8) is 0 Å². The molecule has 0 bridgehead atoms. The van der Waals surface area contributed by atoms with Crippen molar-refractivity contribution in [2.45, 2.75) is 0 Å². The van der Waals surface area contributed by atoms with Crippen LogP contribution in [0, 0.1) is 10.1 Å². The van der Waals surface area contributed by atoms with Gasteiger partial charge < -0.3 is 15.2 Å². The summed E-state index contributed by atoms with van der Waals surface area (Å²) in [5.74, 6) is -0.353. The second kappa shape index (κ2) is 3.98. The maximum atomic E-state index is 10.6. The Balaban J connectivity index is 2.56. The van der Waals surface area contributed by atoms with Gasteiger partial charge in [-0.2, -0.15) is 0 Å². The highest BCUT2D eigenvalue weighted by molar-refractivity contribution is 5.70. The summed E-state index contributed by atoms with van der Waals surface area (Å²) in [6.45, 7) is 0. The fraction of sp³-hybridized carbons (Fsp3) is 0. The van der Waals surface area contributed by atoms with E-state index in [1.165, 1.54) is 6.07 Å². The van der Waals surface area contributed by atoms with Gasteiger partial charge in [0, 0.05) is 11.6 Å². The zero-order chi connectivity index (χ0) is 11.5. The lowest BCUT2D eigenvalue weighted by Gasteiger charge is -2.02. The standard InChI is InChI=1S/C11H8N2O3/c14-10-7-12-11(13(15)16)6-9(10)8-4-2-1-3-5-8/h1-7,14H. The highest BCUT2D eigenvalue weighted by Gasteiger charge is 2.13. The quantitative estimate of drug-likeness (QED) is 0.617. The zero-order valence-corrected chi connectivity index (χ0v) is 8.20. The molecule has 1 heterocycles. The van der Waals surface area contributed by atoms with Gasteiger partial charge in [0.15, 0.2) is 11.9 Å². The van der Waals surface area contributed by atoms with Crippen molar-refractivity contribution in [3.05, 3.63) is 52.7 Å². The summed E-state index contributed by atoms with van der Waals surface area (Å²) >= 11 is 0. The van der Waals surface area contributed by atoms with E-state index in [-0.39, 0.29) is 11.6 Å². The summed E-state index contributed by atoms with van der Waals surface area (Å²) in [7, 11) is 0. The van der Waals surface area contributed by atoms with E-state index >= 15 is 0 Å². The van der Waals surface area contributed by atoms with Gasteiger partial charge >= 0.3 is 5.82 Å². The summed E-state index contributed by atoms with van der Waals surface area (Å²) in [4.78, 5) is 13.5. The molecule has 1 aromatic carbocycles. The topological polar surface area (TPSA) is 76.3 Å². The van der Waals surface area contributed by atoms with Crippen molar-refractivity contribution in [2.75, 3.05) is 0 Å². The van der Waals surface area contributed by atoms with E-state index in [1.807, 2.05) is 6.07 Å². The van der Waals surface area contributed by atoms with Gasteiger partial charge in [0.25, 0.3) is 0 Å². The normalized spacial score (nSPS) is 10.0. The van der Waals surface area contributed by atoms with E-state index < -0.39 is 4.92 Å². The van der Waals surface area contributed by atoms with E-state index in [9.17, 15) is 15.2 Å². The van der Waals surface area contributed by atoms with E-state index in [4.69, 9.17) is 0 Å².